The van der Waals surface area contributed by atoms with Gasteiger partial charge in [-0.25, -0.2) is 0 Å². The van der Waals surface area contributed by atoms with E-state index in [1.54, 1.807) is 9.80 Å². The Bertz CT molecular complexity index is 967. The average molecular weight is 438 g/mol. The van der Waals surface area contributed by atoms with E-state index >= 15 is 0 Å². The maximum atomic E-state index is 11.8. The molecule has 2 aromatic rings. The van der Waals surface area contributed by atoms with Crippen LogP contribution in [-0.2, 0) is 19.2 Å². The molecular formula is C24H26N2O6. The molecule has 2 saturated heterocycles. The van der Waals surface area contributed by atoms with Gasteiger partial charge < -0.3 is 20.0 Å². The van der Waals surface area contributed by atoms with Crippen LogP contribution in [0, 0.1) is 25.7 Å². The summed E-state index contributed by atoms with van der Waals surface area (Å²) in [7, 11) is 0. The Balaban J connectivity index is 0.000000181. The van der Waals surface area contributed by atoms with Crippen LogP contribution in [0.3, 0.4) is 0 Å². The van der Waals surface area contributed by atoms with Crippen molar-refractivity contribution in [2.24, 2.45) is 11.8 Å². The zero-order valence-electron chi connectivity index (χ0n) is 18.0. The molecule has 2 aromatic carbocycles. The average Bonchev–Trinajstić information content (AvgIpc) is 3.32. The van der Waals surface area contributed by atoms with Crippen molar-refractivity contribution in [2.45, 2.75) is 26.7 Å². The molecule has 2 atom stereocenters. The maximum Gasteiger partial charge on any atom is 0.316 e. The number of rotatable bonds is 4. The number of anilines is 2. The van der Waals surface area contributed by atoms with E-state index in [1.807, 2.05) is 62.4 Å². The summed E-state index contributed by atoms with van der Waals surface area (Å²) >= 11 is 0. The van der Waals surface area contributed by atoms with Crippen LogP contribution in [0.25, 0.3) is 0 Å². The molecule has 0 aliphatic carbocycles. The third-order valence-corrected chi connectivity index (χ3v) is 5.82. The second-order valence-electron chi connectivity index (χ2n) is 7.91. The largest absolute Gasteiger partial charge is 0.481 e. The molecule has 0 radical (unpaired) electrons. The van der Waals surface area contributed by atoms with Gasteiger partial charge in [-0.2, -0.15) is 0 Å². The molecule has 2 amide bonds. The summed E-state index contributed by atoms with van der Waals surface area (Å²) in [6.45, 7) is 4.80. The Morgan fingerprint density at radius 2 is 1.06 bits per heavy atom. The molecule has 2 aliphatic heterocycles. The summed E-state index contributed by atoms with van der Waals surface area (Å²) in [5.74, 6) is -4.41. The van der Waals surface area contributed by atoms with Gasteiger partial charge in [0, 0.05) is 24.5 Å². The topological polar surface area (TPSA) is 115 Å². The quantitative estimate of drug-likeness (QED) is 0.710. The number of para-hydroxylation sites is 2. The standard InChI is InChI=1S/2C12H13NO3/c2*1-8-4-2-3-5-10(8)13-7-6-9(11(13)14)12(15)16/h2*2-5,9H,6-7H2,1H3,(H,15,16). The van der Waals surface area contributed by atoms with Crippen molar-refractivity contribution in [3.8, 4) is 0 Å². The minimum absolute atomic E-state index is 0.304. The maximum absolute atomic E-state index is 11.8. The number of carboxylic acids is 2. The van der Waals surface area contributed by atoms with Crippen molar-refractivity contribution in [2.75, 3.05) is 22.9 Å². The number of benzene rings is 2. The third-order valence-electron chi connectivity index (χ3n) is 5.82. The minimum atomic E-state index is -1.03. The van der Waals surface area contributed by atoms with E-state index < -0.39 is 23.8 Å². The number of hydrogen-bond acceptors (Lipinski definition) is 4. The zero-order valence-corrected chi connectivity index (χ0v) is 18.0. The highest BCUT2D eigenvalue weighted by Crippen LogP contribution is 2.28. The SMILES string of the molecule is Cc1ccccc1N1CCC(C(=O)O)C1=O.Cc1ccccc1N1CCC(C(=O)O)C1=O. The number of carbonyl (C=O) groups excluding carboxylic acids is 2. The van der Waals surface area contributed by atoms with Crippen molar-refractivity contribution in [1.29, 1.82) is 0 Å². The van der Waals surface area contributed by atoms with Gasteiger partial charge in [0.25, 0.3) is 0 Å². The predicted octanol–water partition coefficient (Wildman–Crippen LogP) is 2.87. The number of amides is 2. The highest BCUT2D eigenvalue weighted by Gasteiger charge is 2.38. The summed E-state index contributed by atoms with van der Waals surface area (Å²) in [6, 6.07) is 15.0. The van der Waals surface area contributed by atoms with E-state index in [4.69, 9.17) is 10.2 Å². The van der Waals surface area contributed by atoms with Crippen LogP contribution in [0.15, 0.2) is 48.5 Å². The van der Waals surface area contributed by atoms with Crippen LogP contribution in [-0.4, -0.2) is 47.1 Å². The van der Waals surface area contributed by atoms with E-state index in [9.17, 15) is 19.2 Å². The molecule has 2 fully saturated rings. The van der Waals surface area contributed by atoms with Crippen LogP contribution >= 0.6 is 0 Å². The van der Waals surface area contributed by atoms with Crippen molar-refractivity contribution in [3.63, 3.8) is 0 Å². The Kier molecular flexibility index (Phi) is 6.92. The lowest BCUT2D eigenvalue weighted by molar-refractivity contribution is -0.146. The van der Waals surface area contributed by atoms with Crippen LogP contribution in [0.1, 0.15) is 24.0 Å². The lowest BCUT2D eigenvalue weighted by atomic mass is 10.1. The van der Waals surface area contributed by atoms with E-state index in [2.05, 4.69) is 0 Å². The van der Waals surface area contributed by atoms with Crippen molar-refractivity contribution < 1.29 is 29.4 Å². The van der Waals surface area contributed by atoms with Gasteiger partial charge in [-0.1, -0.05) is 36.4 Å². The molecule has 168 valence electrons. The first-order valence-electron chi connectivity index (χ1n) is 10.4. The monoisotopic (exact) mass is 438 g/mol. The van der Waals surface area contributed by atoms with E-state index in [-0.39, 0.29) is 11.8 Å². The summed E-state index contributed by atoms with van der Waals surface area (Å²) in [4.78, 5) is 48.5. The van der Waals surface area contributed by atoms with E-state index in [0.29, 0.717) is 25.9 Å². The molecule has 0 bridgehead atoms. The number of nitrogens with zero attached hydrogens (tertiary/aromatic N) is 2. The molecule has 0 spiro atoms. The van der Waals surface area contributed by atoms with Crippen LogP contribution in [0.2, 0.25) is 0 Å². The second-order valence-corrected chi connectivity index (χ2v) is 7.91. The number of hydrogen-bond donors (Lipinski definition) is 2. The summed E-state index contributed by atoms with van der Waals surface area (Å²) in [5.41, 5.74) is 3.61. The van der Waals surface area contributed by atoms with Gasteiger partial charge in [-0.05, 0) is 49.9 Å². The highest BCUT2D eigenvalue weighted by atomic mass is 16.4. The van der Waals surface area contributed by atoms with E-state index in [1.165, 1.54) is 0 Å². The van der Waals surface area contributed by atoms with Gasteiger partial charge in [0.2, 0.25) is 11.8 Å². The summed E-state index contributed by atoms with van der Waals surface area (Å²) < 4.78 is 0. The minimum Gasteiger partial charge on any atom is -0.481 e. The lowest BCUT2D eigenvalue weighted by Gasteiger charge is -2.18. The number of aryl methyl sites for hydroxylation is 2. The summed E-state index contributed by atoms with van der Waals surface area (Å²) in [6.07, 6.45) is 0.783. The second kappa shape index (κ2) is 9.64. The van der Waals surface area contributed by atoms with Crippen molar-refractivity contribution >= 4 is 35.1 Å². The molecule has 2 unspecified atom stereocenters. The Labute approximate surface area is 186 Å². The molecule has 2 N–H and O–H groups in total. The Morgan fingerprint density at radius 1 is 0.719 bits per heavy atom. The molecule has 2 heterocycles. The van der Waals surface area contributed by atoms with Gasteiger partial charge >= 0.3 is 11.9 Å². The van der Waals surface area contributed by atoms with Crippen LogP contribution in [0.5, 0.6) is 0 Å². The molecule has 0 aromatic heterocycles. The number of carboxylic acid groups (broad SMARTS) is 2. The fourth-order valence-corrected chi connectivity index (χ4v) is 4.03. The van der Waals surface area contributed by atoms with Crippen LogP contribution in [0.4, 0.5) is 11.4 Å². The molecule has 2 aliphatic rings. The van der Waals surface area contributed by atoms with Gasteiger partial charge in [-0.15, -0.1) is 0 Å². The van der Waals surface area contributed by atoms with Crippen LogP contribution < -0.4 is 9.80 Å². The number of aliphatic carboxylic acids is 2. The molecule has 8 heteroatoms. The van der Waals surface area contributed by atoms with Gasteiger partial charge in [0.1, 0.15) is 11.8 Å². The highest BCUT2D eigenvalue weighted by molar-refractivity contribution is 6.08. The van der Waals surface area contributed by atoms with Crippen molar-refractivity contribution in [1.82, 2.24) is 0 Å². The first kappa shape index (κ1) is 23.0. The molecule has 32 heavy (non-hydrogen) atoms. The lowest BCUT2D eigenvalue weighted by Crippen LogP contribution is -2.30. The van der Waals surface area contributed by atoms with Crippen molar-refractivity contribution in [3.05, 3.63) is 59.7 Å². The summed E-state index contributed by atoms with van der Waals surface area (Å²) in [5, 5.41) is 17.7. The fraction of sp³-hybridized carbons (Fsp3) is 0.333. The zero-order chi connectivity index (χ0) is 23.4. The smallest absolute Gasteiger partial charge is 0.316 e. The number of carbonyl (C=O) groups is 4. The predicted molar refractivity (Wildman–Crippen MR) is 119 cm³/mol. The van der Waals surface area contributed by atoms with Gasteiger partial charge in [0.05, 0.1) is 0 Å². The third kappa shape index (κ3) is 4.64. The van der Waals surface area contributed by atoms with Gasteiger partial charge in [-0.3, -0.25) is 19.2 Å². The Morgan fingerprint density at radius 3 is 1.34 bits per heavy atom. The van der Waals surface area contributed by atoms with Gasteiger partial charge in [0.15, 0.2) is 0 Å². The molecule has 4 rings (SSSR count). The molecular weight excluding hydrogens is 412 g/mol. The van der Waals surface area contributed by atoms with E-state index in [0.717, 1.165) is 22.5 Å². The fourth-order valence-electron chi connectivity index (χ4n) is 4.03. The first-order valence-corrected chi connectivity index (χ1v) is 10.4. The molecule has 0 saturated carbocycles. The molecule has 8 nitrogen and oxygen atoms in total. The first-order chi connectivity index (χ1) is 15.2. The Hall–Kier alpha value is -3.68. The normalized spacial score (nSPS) is 20.2.